The van der Waals surface area contributed by atoms with Crippen molar-refractivity contribution in [3.05, 3.63) is 39.9 Å². The largest absolute Gasteiger partial charge is 0.421 e. The van der Waals surface area contributed by atoms with Gasteiger partial charge in [0.05, 0.1) is 5.69 Å². The van der Waals surface area contributed by atoms with Gasteiger partial charge < -0.3 is 4.42 Å². The molecule has 4 nitrogen and oxygen atoms in total. The van der Waals surface area contributed by atoms with E-state index in [1.165, 1.54) is 0 Å². The first kappa shape index (κ1) is 10.1. The smallest absolute Gasteiger partial charge is 0.362 e. The standard InChI is InChI=1S/C13H12N2O2/c1-7-5-4-6-9-10-8(2)14-15(3)11(10)13(16)17-12(7)9/h4-6H,1-3H3. The Bertz CT molecular complexity index is 796. The molecule has 0 aliphatic carbocycles. The Kier molecular flexibility index (Phi) is 1.90. The third-order valence-electron chi connectivity index (χ3n) is 3.09. The van der Waals surface area contributed by atoms with Gasteiger partial charge in [-0.15, -0.1) is 0 Å². The highest BCUT2D eigenvalue weighted by Crippen LogP contribution is 2.26. The van der Waals surface area contributed by atoms with E-state index in [1.54, 1.807) is 11.7 Å². The van der Waals surface area contributed by atoms with Crippen LogP contribution in [0.4, 0.5) is 0 Å². The van der Waals surface area contributed by atoms with Gasteiger partial charge in [-0.1, -0.05) is 18.2 Å². The van der Waals surface area contributed by atoms with Crippen LogP contribution >= 0.6 is 0 Å². The number of aryl methyl sites for hydroxylation is 3. The second-order valence-electron chi connectivity index (χ2n) is 4.27. The van der Waals surface area contributed by atoms with Crippen molar-refractivity contribution in [3.8, 4) is 0 Å². The molecule has 3 rings (SSSR count). The van der Waals surface area contributed by atoms with Gasteiger partial charge in [-0.05, 0) is 19.4 Å². The number of benzene rings is 1. The highest BCUT2D eigenvalue weighted by molar-refractivity contribution is 6.05. The Hall–Kier alpha value is -2.10. The summed E-state index contributed by atoms with van der Waals surface area (Å²) in [6.07, 6.45) is 0. The highest BCUT2D eigenvalue weighted by atomic mass is 16.4. The summed E-state index contributed by atoms with van der Waals surface area (Å²) >= 11 is 0. The molecule has 0 N–H and O–H groups in total. The summed E-state index contributed by atoms with van der Waals surface area (Å²) < 4.78 is 6.97. The van der Waals surface area contributed by atoms with Crippen LogP contribution in [0.15, 0.2) is 27.4 Å². The molecule has 0 aliphatic heterocycles. The van der Waals surface area contributed by atoms with Crippen LogP contribution in [0.5, 0.6) is 0 Å². The van der Waals surface area contributed by atoms with E-state index in [0.717, 1.165) is 22.0 Å². The maximum absolute atomic E-state index is 12.0. The Labute approximate surface area is 97.5 Å². The molecule has 0 fully saturated rings. The van der Waals surface area contributed by atoms with E-state index in [-0.39, 0.29) is 5.63 Å². The number of rotatable bonds is 0. The lowest BCUT2D eigenvalue weighted by molar-refractivity contribution is 0.561. The van der Waals surface area contributed by atoms with Crippen molar-refractivity contribution in [3.63, 3.8) is 0 Å². The summed E-state index contributed by atoms with van der Waals surface area (Å²) in [6, 6.07) is 5.86. The molecule has 0 bridgehead atoms. The van der Waals surface area contributed by atoms with Gasteiger partial charge in [-0.25, -0.2) is 4.79 Å². The molecule has 0 aliphatic rings. The minimum atomic E-state index is -0.329. The fourth-order valence-corrected chi connectivity index (χ4v) is 2.34. The van der Waals surface area contributed by atoms with E-state index in [2.05, 4.69) is 5.10 Å². The van der Waals surface area contributed by atoms with Crippen LogP contribution in [-0.2, 0) is 7.05 Å². The van der Waals surface area contributed by atoms with E-state index in [0.29, 0.717) is 11.1 Å². The van der Waals surface area contributed by atoms with Crippen molar-refractivity contribution in [2.45, 2.75) is 13.8 Å². The van der Waals surface area contributed by atoms with Gasteiger partial charge in [0.25, 0.3) is 0 Å². The summed E-state index contributed by atoms with van der Waals surface area (Å²) in [5.41, 5.74) is 2.67. The molecule has 2 aromatic heterocycles. The minimum Gasteiger partial charge on any atom is -0.421 e. The lowest BCUT2D eigenvalue weighted by Gasteiger charge is -2.01. The number of fused-ring (bicyclic) bond motifs is 3. The minimum absolute atomic E-state index is 0.329. The van der Waals surface area contributed by atoms with Gasteiger partial charge in [0.1, 0.15) is 5.58 Å². The molecule has 17 heavy (non-hydrogen) atoms. The van der Waals surface area contributed by atoms with Crippen molar-refractivity contribution < 1.29 is 4.42 Å². The molecule has 0 atom stereocenters. The van der Waals surface area contributed by atoms with Gasteiger partial charge in [-0.3, -0.25) is 4.68 Å². The maximum atomic E-state index is 12.0. The third kappa shape index (κ3) is 1.24. The number of hydrogen-bond acceptors (Lipinski definition) is 3. The zero-order valence-electron chi connectivity index (χ0n) is 9.94. The molecule has 0 amide bonds. The van der Waals surface area contributed by atoms with E-state index < -0.39 is 0 Å². The fourth-order valence-electron chi connectivity index (χ4n) is 2.34. The zero-order chi connectivity index (χ0) is 12.2. The van der Waals surface area contributed by atoms with Crippen LogP contribution < -0.4 is 5.63 Å². The molecule has 1 aromatic carbocycles. The van der Waals surface area contributed by atoms with Crippen LogP contribution in [0.1, 0.15) is 11.3 Å². The first-order valence-electron chi connectivity index (χ1n) is 5.45. The summed E-state index contributed by atoms with van der Waals surface area (Å²) in [5.74, 6) is 0. The highest BCUT2D eigenvalue weighted by Gasteiger charge is 2.15. The van der Waals surface area contributed by atoms with Crippen LogP contribution in [0.25, 0.3) is 21.9 Å². The predicted molar refractivity (Wildman–Crippen MR) is 66.2 cm³/mol. The van der Waals surface area contributed by atoms with Crippen molar-refractivity contribution in [2.75, 3.05) is 0 Å². The van der Waals surface area contributed by atoms with E-state index in [4.69, 9.17) is 4.42 Å². The monoisotopic (exact) mass is 228 g/mol. The predicted octanol–water partition coefficient (Wildman–Crippen LogP) is 2.30. The zero-order valence-corrected chi connectivity index (χ0v) is 9.94. The second-order valence-corrected chi connectivity index (χ2v) is 4.27. The Balaban J connectivity index is 2.74. The van der Waals surface area contributed by atoms with Crippen LogP contribution in [0, 0.1) is 13.8 Å². The van der Waals surface area contributed by atoms with E-state index in [9.17, 15) is 4.79 Å². The van der Waals surface area contributed by atoms with Gasteiger partial charge in [-0.2, -0.15) is 5.10 Å². The SMILES string of the molecule is Cc1cccc2c1oc(=O)c1c2c(C)nn1C. The number of nitrogens with zero attached hydrogens (tertiary/aromatic N) is 2. The molecule has 2 heterocycles. The summed E-state index contributed by atoms with van der Waals surface area (Å²) in [5, 5.41) is 6.13. The Morgan fingerprint density at radius 2 is 2.06 bits per heavy atom. The van der Waals surface area contributed by atoms with Gasteiger partial charge >= 0.3 is 5.63 Å². The van der Waals surface area contributed by atoms with Gasteiger partial charge in [0.2, 0.25) is 0 Å². The molecule has 86 valence electrons. The number of aromatic nitrogens is 2. The average Bonchev–Trinajstić information content (AvgIpc) is 2.57. The molecule has 0 spiro atoms. The van der Waals surface area contributed by atoms with Gasteiger partial charge in [0, 0.05) is 17.8 Å². The first-order valence-corrected chi connectivity index (χ1v) is 5.45. The third-order valence-corrected chi connectivity index (χ3v) is 3.09. The van der Waals surface area contributed by atoms with Crippen molar-refractivity contribution >= 4 is 21.9 Å². The molecule has 3 aromatic rings. The maximum Gasteiger partial charge on any atom is 0.362 e. The molecule has 4 heteroatoms. The van der Waals surface area contributed by atoms with Crippen molar-refractivity contribution in [2.24, 2.45) is 7.05 Å². The summed E-state index contributed by atoms with van der Waals surface area (Å²) in [4.78, 5) is 12.0. The summed E-state index contributed by atoms with van der Waals surface area (Å²) in [7, 11) is 1.76. The van der Waals surface area contributed by atoms with Crippen LogP contribution in [0.2, 0.25) is 0 Å². The lowest BCUT2D eigenvalue weighted by atomic mass is 10.1. The van der Waals surface area contributed by atoms with Crippen molar-refractivity contribution in [1.82, 2.24) is 9.78 Å². The quantitative estimate of drug-likeness (QED) is 0.555. The lowest BCUT2D eigenvalue weighted by Crippen LogP contribution is -2.05. The Morgan fingerprint density at radius 1 is 1.29 bits per heavy atom. The van der Waals surface area contributed by atoms with E-state index in [1.807, 2.05) is 32.0 Å². The fraction of sp³-hybridized carbons (Fsp3) is 0.231. The first-order chi connectivity index (χ1) is 8.09. The van der Waals surface area contributed by atoms with Crippen molar-refractivity contribution in [1.29, 1.82) is 0 Å². The molecule has 0 saturated heterocycles. The summed E-state index contributed by atoms with van der Waals surface area (Å²) in [6.45, 7) is 3.84. The average molecular weight is 228 g/mol. The normalized spacial score (nSPS) is 11.5. The van der Waals surface area contributed by atoms with Crippen LogP contribution in [0.3, 0.4) is 0 Å². The number of para-hydroxylation sites is 1. The molecule has 0 saturated carbocycles. The van der Waals surface area contributed by atoms with Crippen LogP contribution in [-0.4, -0.2) is 9.78 Å². The molecular formula is C13H12N2O2. The molecule has 0 unspecified atom stereocenters. The van der Waals surface area contributed by atoms with E-state index >= 15 is 0 Å². The molecule has 0 radical (unpaired) electrons. The molecular weight excluding hydrogens is 216 g/mol. The number of hydrogen-bond donors (Lipinski definition) is 0. The Morgan fingerprint density at radius 3 is 2.82 bits per heavy atom. The van der Waals surface area contributed by atoms with Gasteiger partial charge in [0.15, 0.2) is 5.52 Å². The topological polar surface area (TPSA) is 48.0 Å². The second kappa shape index (κ2) is 3.20.